The van der Waals surface area contributed by atoms with Crippen molar-refractivity contribution in [3.63, 3.8) is 0 Å². The Morgan fingerprint density at radius 3 is 1.61 bits per heavy atom. The van der Waals surface area contributed by atoms with Gasteiger partial charge in [-0.25, -0.2) is 0 Å². The number of fused-ring (bicyclic) bond motifs is 6. The molecule has 0 saturated heterocycles. The average Bonchev–Trinajstić information content (AvgIpc) is 3.39. The van der Waals surface area contributed by atoms with Gasteiger partial charge in [-0.2, -0.15) is 0 Å². The van der Waals surface area contributed by atoms with Gasteiger partial charge in [-0.15, -0.1) is 0 Å². The molecule has 0 spiro atoms. The maximum Gasteiger partial charge on any atom is 0.137 e. The minimum absolute atomic E-state index is 0.817. The van der Waals surface area contributed by atoms with Gasteiger partial charge in [0.1, 0.15) is 11.5 Å². The molecule has 0 saturated carbocycles. The first-order chi connectivity index (χ1) is 26.8. The van der Waals surface area contributed by atoms with Gasteiger partial charge in [0, 0.05) is 28.1 Å². The van der Waals surface area contributed by atoms with E-state index < -0.39 is 0 Å². The summed E-state index contributed by atoms with van der Waals surface area (Å²) >= 11 is 0. The fourth-order valence-electron chi connectivity index (χ4n) is 7.89. The molecule has 0 fully saturated rings. The standard InChI is InChI=1S/C52H35NO/c1-4-14-36(15-5-1)39-26-30-43(31-27-39)53(44-32-28-38-18-10-11-21-41(38)34-44)48-24-13-25-50-52(48)46-23-12-22-45(40-19-8-3-9-20-40)51(46)47-35-42(29-33-49(47)54-50)37-16-6-2-7-17-37/h1-35H. The van der Waals surface area contributed by atoms with Crippen molar-refractivity contribution in [1.29, 1.82) is 0 Å². The SMILES string of the molecule is c1ccc(-c2ccc(N(c3ccc4ccccc4c3)c3cccc4c3-c3cccc(-c5ccccc5)c3-c3cc(-c5ccccc5)ccc3O4)cc2)cc1. The summed E-state index contributed by atoms with van der Waals surface area (Å²) in [7, 11) is 0. The highest BCUT2D eigenvalue weighted by molar-refractivity contribution is 6.04. The first kappa shape index (κ1) is 31.6. The summed E-state index contributed by atoms with van der Waals surface area (Å²) in [6.07, 6.45) is 0. The fraction of sp³-hybridized carbons (Fsp3) is 0. The molecule has 54 heavy (non-hydrogen) atoms. The predicted molar refractivity (Wildman–Crippen MR) is 226 cm³/mol. The molecular formula is C52H35NO. The average molecular weight is 690 g/mol. The van der Waals surface area contributed by atoms with Crippen molar-refractivity contribution in [2.24, 2.45) is 0 Å². The molecule has 0 amide bonds. The molecule has 0 radical (unpaired) electrons. The number of ether oxygens (including phenoxy) is 1. The van der Waals surface area contributed by atoms with E-state index >= 15 is 0 Å². The lowest BCUT2D eigenvalue weighted by molar-refractivity contribution is 0.488. The van der Waals surface area contributed by atoms with Crippen molar-refractivity contribution in [1.82, 2.24) is 0 Å². The van der Waals surface area contributed by atoms with Crippen molar-refractivity contribution >= 4 is 27.8 Å². The smallest absolute Gasteiger partial charge is 0.137 e. The lowest BCUT2D eigenvalue weighted by Crippen LogP contribution is -2.11. The number of rotatable bonds is 6. The Kier molecular flexibility index (Phi) is 7.85. The molecule has 0 unspecified atom stereocenters. The van der Waals surface area contributed by atoms with E-state index in [2.05, 4.69) is 217 Å². The van der Waals surface area contributed by atoms with Crippen LogP contribution in [0.1, 0.15) is 0 Å². The Balaban J connectivity index is 1.24. The molecule has 9 aromatic carbocycles. The number of anilines is 3. The van der Waals surface area contributed by atoms with Gasteiger partial charge in [0.05, 0.1) is 5.69 Å². The second-order valence-electron chi connectivity index (χ2n) is 13.7. The van der Waals surface area contributed by atoms with Gasteiger partial charge < -0.3 is 9.64 Å². The van der Waals surface area contributed by atoms with Gasteiger partial charge in [-0.05, 0) is 98.2 Å². The van der Waals surface area contributed by atoms with E-state index in [4.69, 9.17) is 4.74 Å². The normalized spacial score (nSPS) is 11.5. The first-order valence-electron chi connectivity index (χ1n) is 18.4. The van der Waals surface area contributed by atoms with Crippen LogP contribution in [-0.4, -0.2) is 0 Å². The lowest BCUT2D eigenvalue weighted by atomic mass is 9.86. The van der Waals surface area contributed by atoms with Crippen molar-refractivity contribution in [2.45, 2.75) is 0 Å². The molecule has 1 aliphatic rings. The van der Waals surface area contributed by atoms with Crippen LogP contribution in [0.2, 0.25) is 0 Å². The molecule has 9 aromatic rings. The largest absolute Gasteiger partial charge is 0.456 e. The Bertz CT molecular complexity index is 2770. The summed E-state index contributed by atoms with van der Waals surface area (Å²) < 4.78 is 7.05. The molecule has 0 bridgehead atoms. The minimum atomic E-state index is 0.817. The Morgan fingerprint density at radius 2 is 0.870 bits per heavy atom. The number of hydrogen-bond acceptors (Lipinski definition) is 2. The highest BCUT2D eigenvalue weighted by Gasteiger charge is 2.29. The molecule has 0 N–H and O–H groups in total. The van der Waals surface area contributed by atoms with Gasteiger partial charge >= 0.3 is 0 Å². The number of nitrogens with zero attached hydrogens (tertiary/aromatic N) is 1. The molecule has 10 rings (SSSR count). The molecule has 0 atom stereocenters. The van der Waals surface area contributed by atoms with Crippen LogP contribution < -0.4 is 9.64 Å². The van der Waals surface area contributed by atoms with Crippen LogP contribution in [0.5, 0.6) is 11.5 Å². The van der Waals surface area contributed by atoms with Gasteiger partial charge in [0.25, 0.3) is 0 Å². The minimum Gasteiger partial charge on any atom is -0.456 e. The topological polar surface area (TPSA) is 12.5 Å². The molecule has 1 heterocycles. The number of hydrogen-bond donors (Lipinski definition) is 0. The zero-order valence-electron chi connectivity index (χ0n) is 29.6. The first-order valence-corrected chi connectivity index (χ1v) is 18.4. The van der Waals surface area contributed by atoms with E-state index in [1.54, 1.807) is 0 Å². The van der Waals surface area contributed by atoms with Crippen molar-refractivity contribution < 1.29 is 4.74 Å². The zero-order chi connectivity index (χ0) is 35.8. The maximum atomic E-state index is 7.05. The van der Waals surface area contributed by atoms with E-state index in [0.29, 0.717) is 0 Å². The van der Waals surface area contributed by atoms with Crippen LogP contribution in [0.15, 0.2) is 212 Å². The molecule has 254 valence electrons. The highest BCUT2D eigenvalue weighted by Crippen LogP contribution is 2.55. The monoisotopic (exact) mass is 689 g/mol. The summed E-state index contributed by atoms with van der Waals surface area (Å²) in [5.41, 5.74) is 14.6. The molecular weight excluding hydrogens is 655 g/mol. The van der Waals surface area contributed by atoms with Gasteiger partial charge in [-0.3, -0.25) is 0 Å². The van der Waals surface area contributed by atoms with Crippen molar-refractivity contribution in [3.05, 3.63) is 212 Å². The lowest BCUT2D eigenvalue weighted by Gasteiger charge is -2.29. The van der Waals surface area contributed by atoms with E-state index in [0.717, 1.165) is 67.5 Å². The quantitative estimate of drug-likeness (QED) is 0.172. The van der Waals surface area contributed by atoms with Gasteiger partial charge in [-0.1, -0.05) is 164 Å². The second kappa shape index (κ2) is 13.4. The van der Waals surface area contributed by atoms with E-state index in [1.807, 2.05) is 0 Å². The van der Waals surface area contributed by atoms with E-state index in [9.17, 15) is 0 Å². The van der Waals surface area contributed by atoms with Crippen LogP contribution in [0.25, 0.3) is 66.4 Å². The third kappa shape index (κ3) is 5.62. The summed E-state index contributed by atoms with van der Waals surface area (Å²) in [6, 6.07) is 75.8. The van der Waals surface area contributed by atoms with Crippen molar-refractivity contribution in [3.8, 4) is 67.1 Å². The second-order valence-corrected chi connectivity index (χ2v) is 13.7. The van der Waals surface area contributed by atoms with Crippen LogP contribution in [-0.2, 0) is 0 Å². The third-order valence-corrected chi connectivity index (χ3v) is 10.5. The molecule has 0 aromatic heterocycles. The predicted octanol–water partition coefficient (Wildman–Crippen LogP) is 14.8. The Morgan fingerprint density at radius 1 is 0.296 bits per heavy atom. The van der Waals surface area contributed by atoms with Gasteiger partial charge in [0.15, 0.2) is 0 Å². The zero-order valence-corrected chi connectivity index (χ0v) is 29.6. The highest BCUT2D eigenvalue weighted by atomic mass is 16.5. The molecule has 2 nitrogen and oxygen atoms in total. The molecule has 1 aliphatic heterocycles. The van der Waals surface area contributed by atoms with Gasteiger partial charge in [0.2, 0.25) is 0 Å². The number of benzene rings is 9. The van der Waals surface area contributed by atoms with E-state index in [1.165, 1.54) is 27.5 Å². The fourth-order valence-corrected chi connectivity index (χ4v) is 7.89. The van der Waals surface area contributed by atoms with Crippen LogP contribution in [0.4, 0.5) is 17.1 Å². The van der Waals surface area contributed by atoms with E-state index in [-0.39, 0.29) is 0 Å². The molecule has 2 heteroatoms. The third-order valence-electron chi connectivity index (χ3n) is 10.5. The van der Waals surface area contributed by atoms with Crippen LogP contribution in [0.3, 0.4) is 0 Å². The maximum absolute atomic E-state index is 7.05. The Hall–Kier alpha value is -7.16. The summed E-state index contributed by atoms with van der Waals surface area (Å²) in [5.74, 6) is 1.65. The Labute approximate surface area is 315 Å². The van der Waals surface area contributed by atoms with Crippen LogP contribution >= 0.6 is 0 Å². The summed E-state index contributed by atoms with van der Waals surface area (Å²) in [5, 5.41) is 2.39. The van der Waals surface area contributed by atoms with Crippen molar-refractivity contribution in [2.75, 3.05) is 4.90 Å². The summed E-state index contributed by atoms with van der Waals surface area (Å²) in [6.45, 7) is 0. The van der Waals surface area contributed by atoms with Crippen LogP contribution in [0, 0.1) is 0 Å². The molecule has 0 aliphatic carbocycles. The summed E-state index contributed by atoms with van der Waals surface area (Å²) in [4.78, 5) is 2.38.